The molecule has 9 nitrogen and oxygen atoms in total. The molecule has 28 heavy (non-hydrogen) atoms. The van der Waals surface area contributed by atoms with Crippen LogP contribution in [0.2, 0.25) is 0 Å². The Hall–Kier alpha value is -2.63. The van der Waals surface area contributed by atoms with E-state index in [1.165, 1.54) is 31.9 Å². The van der Waals surface area contributed by atoms with E-state index < -0.39 is 10.0 Å². The first-order valence-electron chi connectivity index (χ1n) is 8.55. The van der Waals surface area contributed by atoms with E-state index in [4.69, 9.17) is 0 Å². The van der Waals surface area contributed by atoms with Crippen LogP contribution < -0.4 is 10.2 Å². The second-order valence-corrected chi connectivity index (χ2v) is 9.43. The minimum Gasteiger partial charge on any atom is -0.373 e. The molecular formula is C17H19N7O2S2. The average Bonchev–Trinajstić information content (AvgIpc) is 3.29. The predicted octanol–water partition coefficient (Wildman–Crippen LogP) is 1.98. The van der Waals surface area contributed by atoms with Crippen molar-refractivity contribution in [2.75, 3.05) is 37.9 Å². The lowest BCUT2D eigenvalue weighted by atomic mass is 10.2. The van der Waals surface area contributed by atoms with E-state index in [9.17, 15) is 8.42 Å². The summed E-state index contributed by atoms with van der Waals surface area (Å²) < 4.78 is 30.5. The molecule has 0 fully saturated rings. The predicted molar refractivity (Wildman–Crippen MR) is 109 cm³/mol. The highest BCUT2D eigenvalue weighted by Gasteiger charge is 2.23. The Morgan fingerprint density at radius 3 is 2.89 bits per heavy atom. The maximum atomic E-state index is 12.5. The van der Waals surface area contributed by atoms with Crippen LogP contribution >= 0.6 is 11.5 Å². The van der Waals surface area contributed by atoms with Crippen molar-refractivity contribution in [2.45, 2.75) is 11.3 Å². The first-order valence-corrected chi connectivity index (χ1v) is 10.8. The van der Waals surface area contributed by atoms with Gasteiger partial charge in [0.2, 0.25) is 15.2 Å². The largest absolute Gasteiger partial charge is 0.373 e. The lowest BCUT2D eigenvalue weighted by molar-refractivity contribution is 0.521. The van der Waals surface area contributed by atoms with Crippen LogP contribution in [-0.4, -0.2) is 59.7 Å². The zero-order valence-corrected chi connectivity index (χ0v) is 17.3. The summed E-state index contributed by atoms with van der Waals surface area (Å²) in [6.45, 7) is 0.973. The molecule has 1 N–H and O–H groups in total. The number of hydrogen-bond acceptors (Lipinski definition) is 9. The van der Waals surface area contributed by atoms with Crippen molar-refractivity contribution in [1.29, 1.82) is 0 Å². The number of fused-ring (bicyclic) bond motifs is 1. The van der Waals surface area contributed by atoms with E-state index in [0.29, 0.717) is 16.6 Å². The summed E-state index contributed by atoms with van der Waals surface area (Å²) in [5.74, 6) is 0.709. The standard InChI is InChI=1S/C17H19N7O2S2/c1-23(2)28(25,26)14-5-4-7-18-16(14)21-17-20-15(22-27-17)12-9-11-6-8-24(3)13(11)10-19-12/h4-5,7,9-10H,6,8H2,1-3H3,(H,18,20,21,22). The van der Waals surface area contributed by atoms with Gasteiger partial charge in [0.05, 0.1) is 11.9 Å². The van der Waals surface area contributed by atoms with E-state index in [-0.39, 0.29) is 10.7 Å². The van der Waals surface area contributed by atoms with Gasteiger partial charge in [-0.2, -0.15) is 9.36 Å². The number of pyridine rings is 2. The second-order valence-electron chi connectivity index (χ2n) is 6.56. The Kier molecular flexibility index (Phi) is 4.73. The molecule has 11 heteroatoms. The Labute approximate surface area is 167 Å². The van der Waals surface area contributed by atoms with Crippen molar-refractivity contribution in [3.05, 3.63) is 36.2 Å². The summed E-state index contributed by atoms with van der Waals surface area (Å²) in [5, 5.41) is 3.42. The summed E-state index contributed by atoms with van der Waals surface area (Å²) in [6, 6.07) is 5.09. The third-order valence-electron chi connectivity index (χ3n) is 4.50. The molecule has 0 amide bonds. The molecule has 0 atom stereocenters. The Morgan fingerprint density at radius 2 is 2.11 bits per heavy atom. The molecule has 0 bridgehead atoms. The van der Waals surface area contributed by atoms with Gasteiger partial charge in [-0.15, -0.1) is 0 Å². The number of nitrogens with zero attached hydrogens (tertiary/aromatic N) is 6. The van der Waals surface area contributed by atoms with Gasteiger partial charge in [-0.3, -0.25) is 4.98 Å². The van der Waals surface area contributed by atoms with Crippen LogP contribution in [0.3, 0.4) is 0 Å². The van der Waals surface area contributed by atoms with E-state index in [2.05, 4.69) is 29.5 Å². The summed E-state index contributed by atoms with van der Waals surface area (Å²) >= 11 is 1.13. The van der Waals surface area contributed by atoms with Gasteiger partial charge in [-0.05, 0) is 30.2 Å². The monoisotopic (exact) mass is 417 g/mol. The van der Waals surface area contributed by atoms with Crippen LogP contribution in [0.15, 0.2) is 35.5 Å². The molecule has 146 valence electrons. The molecule has 0 saturated carbocycles. The Balaban J connectivity index is 1.62. The highest BCUT2D eigenvalue weighted by molar-refractivity contribution is 7.89. The smallest absolute Gasteiger partial charge is 0.246 e. The average molecular weight is 418 g/mol. The second kappa shape index (κ2) is 7.08. The minimum absolute atomic E-state index is 0.0791. The van der Waals surface area contributed by atoms with Gasteiger partial charge in [0.25, 0.3) is 0 Å². The normalized spacial score (nSPS) is 13.8. The number of anilines is 3. The maximum Gasteiger partial charge on any atom is 0.246 e. The van der Waals surface area contributed by atoms with E-state index in [1.54, 1.807) is 6.07 Å². The van der Waals surface area contributed by atoms with Gasteiger partial charge in [-0.1, -0.05) is 0 Å². The maximum absolute atomic E-state index is 12.5. The lowest BCUT2D eigenvalue weighted by Gasteiger charge is -2.14. The molecule has 4 heterocycles. The van der Waals surface area contributed by atoms with Crippen LogP contribution in [-0.2, 0) is 16.4 Å². The summed E-state index contributed by atoms with van der Waals surface area (Å²) in [4.78, 5) is 15.3. The molecular weight excluding hydrogens is 398 g/mol. The molecule has 1 aliphatic rings. The van der Waals surface area contributed by atoms with Gasteiger partial charge in [0.1, 0.15) is 10.6 Å². The summed E-state index contributed by atoms with van der Waals surface area (Å²) in [6.07, 6.45) is 4.33. The van der Waals surface area contributed by atoms with Crippen LogP contribution in [0, 0.1) is 0 Å². The van der Waals surface area contributed by atoms with Crippen molar-refractivity contribution in [3.63, 3.8) is 0 Å². The van der Waals surface area contributed by atoms with Crippen molar-refractivity contribution >= 4 is 38.2 Å². The zero-order chi connectivity index (χ0) is 19.9. The first kappa shape index (κ1) is 18.7. The molecule has 0 spiro atoms. The highest BCUT2D eigenvalue weighted by atomic mass is 32.2. The molecule has 4 rings (SSSR count). The number of likely N-dealkylation sites (N-methyl/N-ethyl adjacent to an activating group) is 1. The quantitative estimate of drug-likeness (QED) is 0.672. The van der Waals surface area contributed by atoms with E-state index in [0.717, 1.165) is 34.5 Å². The lowest BCUT2D eigenvalue weighted by Crippen LogP contribution is -2.23. The highest BCUT2D eigenvalue weighted by Crippen LogP contribution is 2.30. The van der Waals surface area contributed by atoms with Gasteiger partial charge in [0, 0.05) is 45.4 Å². The molecule has 3 aromatic rings. The molecule has 0 aliphatic carbocycles. The fourth-order valence-corrected chi connectivity index (χ4v) is 4.50. The third-order valence-corrected chi connectivity index (χ3v) is 6.98. The van der Waals surface area contributed by atoms with Crippen molar-refractivity contribution in [2.24, 2.45) is 0 Å². The fraction of sp³-hybridized carbons (Fsp3) is 0.294. The summed E-state index contributed by atoms with van der Waals surface area (Å²) in [7, 11) is 1.36. The number of aromatic nitrogens is 4. The molecule has 1 aliphatic heterocycles. The Morgan fingerprint density at radius 1 is 1.29 bits per heavy atom. The van der Waals surface area contributed by atoms with Crippen molar-refractivity contribution in [3.8, 4) is 11.5 Å². The number of rotatable bonds is 5. The van der Waals surface area contributed by atoms with Crippen LogP contribution in [0.1, 0.15) is 5.56 Å². The molecule has 0 aromatic carbocycles. The molecule has 0 unspecified atom stereocenters. The van der Waals surface area contributed by atoms with E-state index >= 15 is 0 Å². The Bertz CT molecular complexity index is 1130. The van der Waals surface area contributed by atoms with Gasteiger partial charge in [0.15, 0.2) is 11.6 Å². The fourth-order valence-electron chi connectivity index (χ4n) is 2.93. The molecule has 3 aromatic heterocycles. The number of hydrogen-bond donors (Lipinski definition) is 1. The number of sulfonamides is 1. The molecule has 0 radical (unpaired) electrons. The van der Waals surface area contributed by atoms with Gasteiger partial charge >= 0.3 is 0 Å². The van der Waals surface area contributed by atoms with Gasteiger partial charge < -0.3 is 10.2 Å². The van der Waals surface area contributed by atoms with Crippen LogP contribution in [0.4, 0.5) is 16.6 Å². The van der Waals surface area contributed by atoms with Crippen LogP contribution in [0.5, 0.6) is 0 Å². The topological polar surface area (TPSA) is 104 Å². The first-order chi connectivity index (χ1) is 13.4. The minimum atomic E-state index is -3.64. The van der Waals surface area contributed by atoms with Gasteiger partial charge in [-0.25, -0.2) is 17.7 Å². The van der Waals surface area contributed by atoms with Crippen LogP contribution in [0.25, 0.3) is 11.5 Å². The van der Waals surface area contributed by atoms with Crippen molar-refractivity contribution in [1.82, 2.24) is 23.6 Å². The molecule has 0 saturated heterocycles. The third kappa shape index (κ3) is 3.32. The number of nitrogens with one attached hydrogen (secondary N) is 1. The zero-order valence-electron chi connectivity index (χ0n) is 15.6. The van der Waals surface area contributed by atoms with Crippen molar-refractivity contribution < 1.29 is 8.42 Å². The summed E-state index contributed by atoms with van der Waals surface area (Å²) in [5.41, 5.74) is 3.05. The van der Waals surface area contributed by atoms with E-state index in [1.807, 2.05) is 19.3 Å². The SMILES string of the molecule is CN1CCc2cc(-c3nsc(Nc4ncccc4S(=O)(=O)N(C)C)n3)ncc21.